The number of aryl methyl sites for hydroxylation is 1. The topological polar surface area (TPSA) is 104 Å². The third-order valence-corrected chi connectivity index (χ3v) is 3.19. The quantitative estimate of drug-likeness (QED) is 0.700. The molecule has 0 saturated carbocycles. The fourth-order valence-electron chi connectivity index (χ4n) is 1.85. The first-order valence-corrected chi connectivity index (χ1v) is 5.57. The number of nitrogens with zero attached hydrogens (tertiary/aromatic N) is 1. The highest BCUT2D eigenvalue weighted by Gasteiger charge is 2.47. The largest absolute Gasteiger partial charge is 0.481 e. The molecule has 2 unspecified atom stereocenters. The lowest BCUT2D eigenvalue weighted by molar-refractivity contribution is -0.148. The van der Waals surface area contributed by atoms with Crippen molar-refractivity contribution in [2.75, 3.05) is 13.2 Å². The highest BCUT2D eigenvalue weighted by molar-refractivity contribution is 5.93. The molecule has 0 radical (unpaired) electrons. The maximum atomic E-state index is 11.9. The molecule has 3 N–H and O–H groups in total. The summed E-state index contributed by atoms with van der Waals surface area (Å²) in [7, 11) is 0. The summed E-state index contributed by atoms with van der Waals surface area (Å²) in [6.45, 7) is 3.62. The SMILES string of the molecule is Cc1cc(C(=O)NC2COCC2(C)C(=O)O)n[nH]1. The summed E-state index contributed by atoms with van der Waals surface area (Å²) in [5.74, 6) is -1.38. The number of carboxylic acids is 1. The molecule has 7 heteroatoms. The Kier molecular flexibility index (Phi) is 3.08. The Morgan fingerprint density at radius 2 is 2.39 bits per heavy atom. The number of H-pyrrole nitrogens is 1. The summed E-state index contributed by atoms with van der Waals surface area (Å²) in [6, 6.07) is 1.04. The van der Waals surface area contributed by atoms with E-state index in [4.69, 9.17) is 4.74 Å². The van der Waals surface area contributed by atoms with Crippen LogP contribution in [-0.2, 0) is 9.53 Å². The Labute approximate surface area is 104 Å². The highest BCUT2D eigenvalue weighted by Crippen LogP contribution is 2.28. The molecule has 1 aromatic heterocycles. The lowest BCUT2D eigenvalue weighted by Crippen LogP contribution is -2.49. The van der Waals surface area contributed by atoms with Crippen LogP contribution >= 0.6 is 0 Å². The van der Waals surface area contributed by atoms with Crippen LogP contribution in [-0.4, -0.2) is 46.4 Å². The van der Waals surface area contributed by atoms with Crippen LogP contribution in [0.2, 0.25) is 0 Å². The van der Waals surface area contributed by atoms with Gasteiger partial charge < -0.3 is 15.2 Å². The van der Waals surface area contributed by atoms with Crippen LogP contribution in [0, 0.1) is 12.3 Å². The molecule has 7 nitrogen and oxygen atoms in total. The van der Waals surface area contributed by atoms with E-state index in [1.165, 1.54) is 0 Å². The van der Waals surface area contributed by atoms with Gasteiger partial charge in [0.1, 0.15) is 11.1 Å². The monoisotopic (exact) mass is 253 g/mol. The van der Waals surface area contributed by atoms with Gasteiger partial charge in [0.15, 0.2) is 0 Å². The summed E-state index contributed by atoms with van der Waals surface area (Å²) < 4.78 is 5.15. The van der Waals surface area contributed by atoms with Crippen LogP contribution in [0.15, 0.2) is 6.07 Å². The van der Waals surface area contributed by atoms with Crippen molar-refractivity contribution < 1.29 is 19.4 Å². The molecule has 1 amide bonds. The first-order chi connectivity index (χ1) is 8.43. The van der Waals surface area contributed by atoms with E-state index in [2.05, 4.69) is 15.5 Å². The predicted octanol–water partition coefficient (Wildman–Crippen LogP) is -0.0624. The minimum Gasteiger partial charge on any atom is -0.481 e. The van der Waals surface area contributed by atoms with Crippen molar-refractivity contribution >= 4 is 11.9 Å². The molecule has 18 heavy (non-hydrogen) atoms. The van der Waals surface area contributed by atoms with Crippen LogP contribution in [0.1, 0.15) is 23.1 Å². The van der Waals surface area contributed by atoms with Gasteiger partial charge in [-0.2, -0.15) is 5.10 Å². The third-order valence-electron chi connectivity index (χ3n) is 3.19. The number of carbonyl (C=O) groups is 2. The van der Waals surface area contributed by atoms with Crippen LogP contribution in [0.25, 0.3) is 0 Å². The van der Waals surface area contributed by atoms with Gasteiger partial charge in [0.25, 0.3) is 5.91 Å². The molecule has 2 rings (SSSR count). The van der Waals surface area contributed by atoms with E-state index in [-0.39, 0.29) is 18.9 Å². The van der Waals surface area contributed by atoms with Gasteiger partial charge >= 0.3 is 5.97 Å². The Morgan fingerprint density at radius 1 is 1.67 bits per heavy atom. The second kappa shape index (κ2) is 4.41. The second-order valence-corrected chi connectivity index (χ2v) is 4.70. The van der Waals surface area contributed by atoms with Crippen LogP contribution in [0.3, 0.4) is 0 Å². The van der Waals surface area contributed by atoms with Crippen molar-refractivity contribution in [2.45, 2.75) is 19.9 Å². The number of aromatic nitrogens is 2. The number of carbonyl (C=O) groups excluding carboxylic acids is 1. The van der Waals surface area contributed by atoms with Crippen molar-refractivity contribution in [3.05, 3.63) is 17.5 Å². The summed E-state index contributed by atoms with van der Waals surface area (Å²) in [5, 5.41) is 18.3. The molecule has 0 spiro atoms. The lowest BCUT2D eigenvalue weighted by atomic mass is 9.85. The van der Waals surface area contributed by atoms with Gasteiger partial charge in [-0.05, 0) is 19.9 Å². The number of aromatic amines is 1. The molecule has 1 saturated heterocycles. The van der Waals surface area contributed by atoms with Gasteiger partial charge in [-0.1, -0.05) is 0 Å². The zero-order valence-electron chi connectivity index (χ0n) is 10.2. The van der Waals surface area contributed by atoms with Crippen LogP contribution in [0.5, 0.6) is 0 Å². The number of rotatable bonds is 3. The summed E-state index contributed by atoms with van der Waals surface area (Å²) >= 11 is 0. The molecule has 0 aliphatic carbocycles. The number of ether oxygens (including phenoxy) is 1. The van der Waals surface area contributed by atoms with E-state index in [1.807, 2.05) is 0 Å². The van der Waals surface area contributed by atoms with Gasteiger partial charge in [0.2, 0.25) is 0 Å². The predicted molar refractivity (Wildman–Crippen MR) is 61.1 cm³/mol. The number of amides is 1. The van der Waals surface area contributed by atoms with Crippen LogP contribution in [0.4, 0.5) is 0 Å². The minimum absolute atomic E-state index is 0.0902. The van der Waals surface area contributed by atoms with E-state index in [0.29, 0.717) is 0 Å². The molecule has 1 aliphatic rings. The van der Waals surface area contributed by atoms with E-state index in [1.54, 1.807) is 19.9 Å². The maximum absolute atomic E-state index is 11.9. The maximum Gasteiger partial charge on any atom is 0.313 e. The van der Waals surface area contributed by atoms with Crippen LogP contribution < -0.4 is 5.32 Å². The summed E-state index contributed by atoms with van der Waals surface area (Å²) in [5.41, 5.74) is -0.0861. The van der Waals surface area contributed by atoms with E-state index >= 15 is 0 Å². The van der Waals surface area contributed by atoms with E-state index < -0.39 is 23.3 Å². The first-order valence-electron chi connectivity index (χ1n) is 5.57. The number of aliphatic carboxylic acids is 1. The third kappa shape index (κ3) is 2.08. The summed E-state index contributed by atoms with van der Waals surface area (Å²) in [4.78, 5) is 23.1. The Morgan fingerprint density at radius 3 is 2.94 bits per heavy atom. The Balaban J connectivity index is 2.10. The zero-order chi connectivity index (χ0) is 13.3. The van der Waals surface area contributed by atoms with Gasteiger partial charge in [0.05, 0.1) is 19.3 Å². The van der Waals surface area contributed by atoms with Crippen molar-refractivity contribution in [3.8, 4) is 0 Å². The van der Waals surface area contributed by atoms with Gasteiger partial charge in [-0.15, -0.1) is 0 Å². The normalized spacial score (nSPS) is 27.1. The minimum atomic E-state index is -1.10. The first kappa shape index (κ1) is 12.6. The smallest absolute Gasteiger partial charge is 0.313 e. The average molecular weight is 253 g/mol. The number of hydrogen-bond acceptors (Lipinski definition) is 4. The standard InChI is InChI=1S/C11H15N3O4/c1-6-3-7(14-13-6)9(15)12-8-4-18-5-11(8,2)10(16)17/h3,8H,4-5H2,1-2H3,(H,12,15)(H,13,14)(H,16,17). The number of hydrogen-bond donors (Lipinski definition) is 3. The van der Waals surface area contributed by atoms with Crippen molar-refractivity contribution in [1.29, 1.82) is 0 Å². The molecular weight excluding hydrogens is 238 g/mol. The molecule has 0 aromatic carbocycles. The number of carboxylic acid groups (broad SMARTS) is 1. The molecule has 2 heterocycles. The fraction of sp³-hybridized carbons (Fsp3) is 0.545. The average Bonchev–Trinajstić information content (AvgIpc) is 2.87. The second-order valence-electron chi connectivity index (χ2n) is 4.70. The Hall–Kier alpha value is -1.89. The van der Waals surface area contributed by atoms with Crippen molar-refractivity contribution in [3.63, 3.8) is 0 Å². The van der Waals surface area contributed by atoms with Gasteiger partial charge in [-0.25, -0.2) is 0 Å². The molecule has 1 aromatic rings. The van der Waals surface area contributed by atoms with Gasteiger partial charge in [0, 0.05) is 5.69 Å². The van der Waals surface area contributed by atoms with E-state index in [0.717, 1.165) is 5.69 Å². The van der Waals surface area contributed by atoms with Gasteiger partial charge in [-0.3, -0.25) is 14.7 Å². The molecule has 1 fully saturated rings. The molecular formula is C11H15N3O4. The number of nitrogens with one attached hydrogen (secondary N) is 2. The molecule has 98 valence electrons. The lowest BCUT2D eigenvalue weighted by Gasteiger charge is -2.25. The fourth-order valence-corrected chi connectivity index (χ4v) is 1.85. The molecule has 2 atom stereocenters. The van der Waals surface area contributed by atoms with Crippen molar-refractivity contribution in [2.24, 2.45) is 5.41 Å². The molecule has 0 bridgehead atoms. The Bertz CT molecular complexity index is 484. The summed E-state index contributed by atoms with van der Waals surface area (Å²) in [6.07, 6.45) is 0. The van der Waals surface area contributed by atoms with Crippen molar-refractivity contribution in [1.82, 2.24) is 15.5 Å². The van der Waals surface area contributed by atoms with E-state index in [9.17, 15) is 14.7 Å². The highest BCUT2D eigenvalue weighted by atomic mass is 16.5. The zero-order valence-corrected chi connectivity index (χ0v) is 10.2. The molecule has 1 aliphatic heterocycles.